The molecule has 0 amide bonds. The average molecular weight is 241 g/mol. The van der Waals surface area contributed by atoms with Gasteiger partial charge in [-0.2, -0.15) is 0 Å². The first-order chi connectivity index (χ1) is 8.36. The van der Waals surface area contributed by atoms with Crippen molar-refractivity contribution in [1.82, 2.24) is 9.97 Å². The summed E-state index contributed by atoms with van der Waals surface area (Å²) in [5, 5.41) is 3.30. The lowest BCUT2D eigenvalue weighted by Gasteiger charge is -2.11. The van der Waals surface area contributed by atoms with Gasteiger partial charge in [0.05, 0.1) is 6.04 Å². The summed E-state index contributed by atoms with van der Waals surface area (Å²) >= 11 is 1.70. The molecule has 1 unspecified atom stereocenters. The number of hydrogen-bond donors (Lipinski definition) is 1. The topological polar surface area (TPSA) is 51.8 Å². The number of nitrogens with zero attached hydrogens (tertiary/aromatic N) is 2. The molecule has 0 saturated carbocycles. The van der Waals surface area contributed by atoms with Crippen LogP contribution in [0.15, 0.2) is 48.1 Å². The molecule has 3 aromatic rings. The number of rotatable bonds is 2. The van der Waals surface area contributed by atoms with Crippen LogP contribution in [-0.4, -0.2) is 9.97 Å². The molecule has 2 heterocycles. The SMILES string of the molecule is NC(c1ncccn1)c1cccc2ccsc12. The molecule has 0 aliphatic heterocycles. The van der Waals surface area contributed by atoms with Crippen LogP contribution in [-0.2, 0) is 0 Å². The van der Waals surface area contributed by atoms with Gasteiger partial charge in [0.25, 0.3) is 0 Å². The fourth-order valence-electron chi connectivity index (χ4n) is 1.87. The van der Waals surface area contributed by atoms with Gasteiger partial charge < -0.3 is 5.73 Å². The van der Waals surface area contributed by atoms with Crippen molar-refractivity contribution in [2.45, 2.75) is 6.04 Å². The van der Waals surface area contributed by atoms with Crippen molar-refractivity contribution in [1.29, 1.82) is 0 Å². The van der Waals surface area contributed by atoms with Crippen molar-refractivity contribution >= 4 is 21.4 Å². The second kappa shape index (κ2) is 4.24. The van der Waals surface area contributed by atoms with Crippen LogP contribution in [0.5, 0.6) is 0 Å². The van der Waals surface area contributed by atoms with Crippen molar-refractivity contribution in [3.05, 3.63) is 59.5 Å². The molecule has 0 radical (unpaired) electrons. The number of thiophene rings is 1. The Kier molecular flexibility index (Phi) is 2.59. The number of hydrogen-bond acceptors (Lipinski definition) is 4. The van der Waals surface area contributed by atoms with E-state index in [1.807, 2.05) is 12.1 Å². The Morgan fingerprint density at radius 3 is 2.71 bits per heavy atom. The van der Waals surface area contributed by atoms with Crippen LogP contribution in [0.4, 0.5) is 0 Å². The van der Waals surface area contributed by atoms with Crippen molar-refractivity contribution in [3.8, 4) is 0 Å². The maximum absolute atomic E-state index is 6.22. The van der Waals surface area contributed by atoms with Crippen LogP contribution in [0.3, 0.4) is 0 Å². The normalized spacial score (nSPS) is 12.8. The van der Waals surface area contributed by atoms with Gasteiger partial charge in [-0.05, 0) is 28.5 Å². The lowest BCUT2D eigenvalue weighted by molar-refractivity contribution is 0.787. The van der Waals surface area contributed by atoms with Crippen molar-refractivity contribution in [3.63, 3.8) is 0 Å². The summed E-state index contributed by atoms with van der Waals surface area (Å²) in [7, 11) is 0. The Balaban J connectivity index is 2.13. The smallest absolute Gasteiger partial charge is 0.149 e. The molecule has 0 spiro atoms. The summed E-state index contributed by atoms with van der Waals surface area (Å²) in [6, 6.07) is 9.78. The van der Waals surface area contributed by atoms with Crippen molar-refractivity contribution in [2.75, 3.05) is 0 Å². The summed E-state index contributed by atoms with van der Waals surface area (Å²) < 4.78 is 1.22. The molecule has 17 heavy (non-hydrogen) atoms. The minimum atomic E-state index is -0.265. The summed E-state index contributed by atoms with van der Waals surface area (Å²) in [5.41, 5.74) is 7.31. The zero-order chi connectivity index (χ0) is 11.7. The van der Waals surface area contributed by atoms with E-state index >= 15 is 0 Å². The van der Waals surface area contributed by atoms with E-state index in [1.165, 1.54) is 10.1 Å². The minimum absolute atomic E-state index is 0.265. The third kappa shape index (κ3) is 1.81. The van der Waals surface area contributed by atoms with E-state index < -0.39 is 0 Å². The summed E-state index contributed by atoms with van der Waals surface area (Å²) in [6.07, 6.45) is 3.44. The Hall–Kier alpha value is -1.78. The highest BCUT2D eigenvalue weighted by Gasteiger charge is 2.14. The molecule has 2 aromatic heterocycles. The van der Waals surface area contributed by atoms with E-state index in [4.69, 9.17) is 5.73 Å². The molecule has 1 atom stereocenters. The number of nitrogens with two attached hydrogens (primary N) is 1. The van der Waals surface area contributed by atoms with E-state index in [0.717, 1.165) is 5.56 Å². The van der Waals surface area contributed by atoms with E-state index in [2.05, 4.69) is 27.5 Å². The molecule has 3 nitrogen and oxygen atoms in total. The zero-order valence-electron chi connectivity index (χ0n) is 9.08. The molecule has 0 bridgehead atoms. The first-order valence-corrected chi connectivity index (χ1v) is 6.23. The maximum atomic E-state index is 6.22. The van der Waals surface area contributed by atoms with Crippen LogP contribution >= 0.6 is 11.3 Å². The van der Waals surface area contributed by atoms with Crippen LogP contribution in [0.2, 0.25) is 0 Å². The highest BCUT2D eigenvalue weighted by atomic mass is 32.1. The zero-order valence-corrected chi connectivity index (χ0v) is 9.89. The number of aromatic nitrogens is 2. The lowest BCUT2D eigenvalue weighted by atomic mass is 10.1. The average Bonchev–Trinajstić information content (AvgIpc) is 2.87. The fourth-order valence-corrected chi connectivity index (χ4v) is 2.83. The Labute approximate surface area is 103 Å². The van der Waals surface area contributed by atoms with E-state index in [-0.39, 0.29) is 6.04 Å². The van der Waals surface area contributed by atoms with Crippen LogP contribution < -0.4 is 5.73 Å². The molecule has 84 valence electrons. The molecule has 4 heteroatoms. The van der Waals surface area contributed by atoms with Gasteiger partial charge in [-0.15, -0.1) is 11.3 Å². The van der Waals surface area contributed by atoms with Gasteiger partial charge in [-0.25, -0.2) is 9.97 Å². The standard InChI is InChI=1S/C13H11N3S/c14-11(13-15-6-2-7-16-13)10-4-1-3-9-5-8-17-12(9)10/h1-8,11H,14H2. The van der Waals surface area contributed by atoms with E-state index in [9.17, 15) is 0 Å². The van der Waals surface area contributed by atoms with Gasteiger partial charge in [0.15, 0.2) is 0 Å². The second-order valence-electron chi connectivity index (χ2n) is 3.77. The monoisotopic (exact) mass is 241 g/mol. The molecule has 0 aliphatic rings. The minimum Gasteiger partial charge on any atom is -0.318 e. The van der Waals surface area contributed by atoms with Crippen molar-refractivity contribution in [2.24, 2.45) is 5.73 Å². The lowest BCUT2D eigenvalue weighted by Crippen LogP contribution is -2.15. The number of fused-ring (bicyclic) bond motifs is 1. The van der Waals surface area contributed by atoms with Gasteiger partial charge in [-0.3, -0.25) is 0 Å². The Morgan fingerprint density at radius 1 is 1.06 bits per heavy atom. The first kappa shape index (κ1) is 10.4. The van der Waals surface area contributed by atoms with Gasteiger partial charge in [0.2, 0.25) is 0 Å². The molecule has 0 aliphatic carbocycles. The van der Waals surface area contributed by atoms with Gasteiger partial charge >= 0.3 is 0 Å². The Morgan fingerprint density at radius 2 is 1.88 bits per heavy atom. The molecule has 0 saturated heterocycles. The molecular weight excluding hydrogens is 230 g/mol. The highest BCUT2D eigenvalue weighted by molar-refractivity contribution is 7.17. The molecular formula is C13H11N3S. The quantitative estimate of drug-likeness (QED) is 0.750. The molecule has 0 fully saturated rings. The number of benzene rings is 1. The molecule has 3 rings (SSSR count). The molecule has 1 aromatic carbocycles. The Bertz CT molecular complexity index is 633. The van der Waals surface area contributed by atoms with Crippen LogP contribution in [0, 0.1) is 0 Å². The summed E-state index contributed by atoms with van der Waals surface area (Å²) in [4.78, 5) is 8.43. The highest BCUT2D eigenvalue weighted by Crippen LogP contribution is 2.29. The predicted molar refractivity (Wildman–Crippen MR) is 69.9 cm³/mol. The predicted octanol–water partition coefficient (Wildman–Crippen LogP) is 2.74. The summed E-state index contributed by atoms with van der Waals surface area (Å²) in [6.45, 7) is 0. The summed E-state index contributed by atoms with van der Waals surface area (Å²) in [5.74, 6) is 0.661. The van der Waals surface area contributed by atoms with Gasteiger partial charge in [0, 0.05) is 17.1 Å². The third-order valence-corrected chi connectivity index (χ3v) is 3.69. The van der Waals surface area contributed by atoms with Crippen molar-refractivity contribution < 1.29 is 0 Å². The largest absolute Gasteiger partial charge is 0.318 e. The third-order valence-electron chi connectivity index (χ3n) is 2.71. The maximum Gasteiger partial charge on any atom is 0.149 e. The van der Waals surface area contributed by atoms with Gasteiger partial charge in [-0.1, -0.05) is 18.2 Å². The van der Waals surface area contributed by atoms with E-state index in [1.54, 1.807) is 29.8 Å². The molecule has 2 N–H and O–H groups in total. The van der Waals surface area contributed by atoms with Crippen LogP contribution in [0.1, 0.15) is 17.4 Å². The van der Waals surface area contributed by atoms with Crippen LogP contribution in [0.25, 0.3) is 10.1 Å². The fraction of sp³-hybridized carbons (Fsp3) is 0.0769. The first-order valence-electron chi connectivity index (χ1n) is 5.35. The van der Waals surface area contributed by atoms with E-state index in [0.29, 0.717) is 5.82 Å². The van der Waals surface area contributed by atoms with Gasteiger partial charge in [0.1, 0.15) is 5.82 Å². The second-order valence-corrected chi connectivity index (χ2v) is 4.69.